The van der Waals surface area contributed by atoms with Crippen LogP contribution in [0.2, 0.25) is 0 Å². The van der Waals surface area contributed by atoms with Gasteiger partial charge in [0.15, 0.2) is 5.82 Å². The zero-order chi connectivity index (χ0) is 34.4. The van der Waals surface area contributed by atoms with Crippen LogP contribution in [0.15, 0.2) is 181 Å². The van der Waals surface area contributed by atoms with Crippen LogP contribution in [0.5, 0.6) is 0 Å². The first-order valence-corrected chi connectivity index (χ1v) is 17.2. The summed E-state index contributed by atoms with van der Waals surface area (Å²) in [5, 5.41) is 3.32. The summed E-state index contributed by atoms with van der Waals surface area (Å²) >= 11 is 0. The number of benzene rings is 5. The number of rotatable bonds is 6. The number of hydrogen-bond acceptors (Lipinski definition) is 5. The molecule has 0 fully saturated rings. The molecule has 0 amide bonds. The van der Waals surface area contributed by atoms with E-state index in [4.69, 9.17) is 14.4 Å². The largest absolute Gasteiger partial charge is 0.455 e. The number of nitrogens with zero attached hydrogens (tertiary/aromatic N) is 5. The van der Waals surface area contributed by atoms with Gasteiger partial charge in [-0.15, -0.1) is 0 Å². The van der Waals surface area contributed by atoms with Crippen molar-refractivity contribution in [1.29, 1.82) is 0 Å². The molecule has 0 N–H and O–H groups in total. The first-order valence-electron chi connectivity index (χ1n) is 17.2. The predicted molar refractivity (Wildman–Crippen MR) is 209 cm³/mol. The third-order valence-corrected chi connectivity index (χ3v) is 9.65. The van der Waals surface area contributed by atoms with Crippen molar-refractivity contribution in [3.8, 4) is 62.0 Å². The Hall–Kier alpha value is -7.18. The van der Waals surface area contributed by atoms with Crippen LogP contribution in [0.4, 0.5) is 0 Å². The molecular formula is C46H29N5O. The summed E-state index contributed by atoms with van der Waals surface area (Å²) in [5.74, 6) is 1.52. The molecule has 5 aromatic carbocycles. The smallest absolute Gasteiger partial charge is 0.160 e. The fourth-order valence-corrected chi connectivity index (χ4v) is 7.25. The Morgan fingerprint density at radius 1 is 0.442 bits per heavy atom. The normalized spacial score (nSPS) is 11.5. The van der Waals surface area contributed by atoms with Gasteiger partial charge in [0, 0.05) is 69.1 Å². The lowest BCUT2D eigenvalue weighted by molar-refractivity contribution is 0.636. The van der Waals surface area contributed by atoms with Crippen molar-refractivity contribution in [1.82, 2.24) is 24.5 Å². The minimum atomic E-state index is 0.644. The van der Waals surface area contributed by atoms with Gasteiger partial charge in [-0.05, 0) is 66.2 Å². The van der Waals surface area contributed by atoms with Crippen LogP contribution >= 0.6 is 0 Å². The van der Waals surface area contributed by atoms with E-state index in [1.165, 1.54) is 0 Å². The van der Waals surface area contributed by atoms with E-state index in [0.29, 0.717) is 5.82 Å². The van der Waals surface area contributed by atoms with E-state index in [2.05, 4.69) is 130 Å². The summed E-state index contributed by atoms with van der Waals surface area (Å²) in [5.41, 5.74) is 11.9. The zero-order valence-corrected chi connectivity index (χ0v) is 27.9. The molecule has 10 aromatic rings. The summed E-state index contributed by atoms with van der Waals surface area (Å²) in [6, 6.07) is 52.4. The Bertz CT molecular complexity index is 2810. The molecular weight excluding hydrogens is 639 g/mol. The highest BCUT2D eigenvalue weighted by Crippen LogP contribution is 2.46. The number of pyridine rings is 2. The SMILES string of the molecule is c1ccc(-c2oc3c(ccc4c3c3ccccc3n4-c3ccc(-c4cc(-c5ccncc5)nc(-c5ccncc5)n4)cc3)c2-c2ccccc2)cc1. The molecule has 0 unspecified atom stereocenters. The fourth-order valence-electron chi connectivity index (χ4n) is 7.25. The quantitative estimate of drug-likeness (QED) is 0.176. The van der Waals surface area contributed by atoms with Crippen LogP contribution in [-0.4, -0.2) is 24.5 Å². The van der Waals surface area contributed by atoms with E-state index in [1.807, 2.05) is 36.4 Å². The first-order chi connectivity index (χ1) is 25.8. The van der Waals surface area contributed by atoms with Crippen molar-refractivity contribution < 1.29 is 4.42 Å². The maximum atomic E-state index is 6.95. The van der Waals surface area contributed by atoms with Gasteiger partial charge < -0.3 is 8.98 Å². The van der Waals surface area contributed by atoms with Gasteiger partial charge in [-0.3, -0.25) is 9.97 Å². The maximum absolute atomic E-state index is 6.95. The van der Waals surface area contributed by atoms with Crippen LogP contribution < -0.4 is 0 Å². The Morgan fingerprint density at radius 2 is 1.04 bits per heavy atom. The van der Waals surface area contributed by atoms with Gasteiger partial charge in [-0.2, -0.15) is 0 Å². The molecule has 52 heavy (non-hydrogen) atoms. The monoisotopic (exact) mass is 667 g/mol. The summed E-state index contributed by atoms with van der Waals surface area (Å²) < 4.78 is 9.27. The molecule has 0 atom stereocenters. The topological polar surface area (TPSA) is 69.6 Å². The third kappa shape index (κ3) is 4.96. The lowest BCUT2D eigenvalue weighted by Crippen LogP contribution is -1.97. The predicted octanol–water partition coefficient (Wildman–Crippen LogP) is 11.4. The average Bonchev–Trinajstić information content (AvgIpc) is 3.78. The minimum absolute atomic E-state index is 0.644. The lowest BCUT2D eigenvalue weighted by Gasteiger charge is -2.11. The highest BCUT2D eigenvalue weighted by Gasteiger charge is 2.23. The van der Waals surface area contributed by atoms with E-state index in [1.54, 1.807) is 24.8 Å². The Labute approximate surface area is 299 Å². The molecule has 10 rings (SSSR count). The number of hydrogen-bond donors (Lipinski definition) is 0. The van der Waals surface area contributed by atoms with Gasteiger partial charge in [-0.25, -0.2) is 9.97 Å². The van der Waals surface area contributed by atoms with Crippen molar-refractivity contribution in [2.24, 2.45) is 0 Å². The first kappa shape index (κ1) is 29.7. The second-order valence-corrected chi connectivity index (χ2v) is 12.7. The molecule has 0 saturated carbocycles. The van der Waals surface area contributed by atoms with E-state index in [9.17, 15) is 0 Å². The molecule has 6 heteroatoms. The van der Waals surface area contributed by atoms with Gasteiger partial charge >= 0.3 is 0 Å². The molecule has 6 nitrogen and oxygen atoms in total. The van der Waals surface area contributed by atoms with Gasteiger partial charge in [0.05, 0.1) is 27.8 Å². The van der Waals surface area contributed by atoms with Crippen LogP contribution in [-0.2, 0) is 0 Å². The molecule has 5 aromatic heterocycles. The van der Waals surface area contributed by atoms with Gasteiger partial charge in [-0.1, -0.05) is 91.0 Å². The van der Waals surface area contributed by atoms with Crippen molar-refractivity contribution in [2.45, 2.75) is 0 Å². The van der Waals surface area contributed by atoms with Crippen molar-refractivity contribution in [3.63, 3.8) is 0 Å². The molecule has 244 valence electrons. The molecule has 0 aliphatic heterocycles. The summed E-state index contributed by atoms with van der Waals surface area (Å²) in [7, 11) is 0. The Morgan fingerprint density at radius 3 is 1.73 bits per heavy atom. The second kappa shape index (κ2) is 12.3. The van der Waals surface area contributed by atoms with Crippen LogP contribution in [0.3, 0.4) is 0 Å². The second-order valence-electron chi connectivity index (χ2n) is 12.7. The van der Waals surface area contributed by atoms with E-state index < -0.39 is 0 Å². The molecule has 0 aliphatic rings. The van der Waals surface area contributed by atoms with Gasteiger partial charge in [0.2, 0.25) is 0 Å². The van der Waals surface area contributed by atoms with Crippen molar-refractivity contribution in [2.75, 3.05) is 0 Å². The van der Waals surface area contributed by atoms with Crippen molar-refractivity contribution in [3.05, 3.63) is 176 Å². The molecule has 0 spiro atoms. The summed E-state index contributed by atoms with van der Waals surface area (Å²) in [4.78, 5) is 18.3. The summed E-state index contributed by atoms with van der Waals surface area (Å²) in [6.07, 6.45) is 7.09. The Kier molecular flexibility index (Phi) is 7.03. The van der Waals surface area contributed by atoms with E-state index in [0.717, 1.165) is 89.0 Å². The number of fused-ring (bicyclic) bond motifs is 5. The molecule has 0 bridgehead atoms. The lowest BCUT2D eigenvalue weighted by atomic mass is 9.98. The highest BCUT2D eigenvalue weighted by atomic mass is 16.3. The standard InChI is InChI=1S/C46H29N5O/c1-3-9-32(10-4-1)42-37-19-20-41-43(45(37)52-44(42)33-11-5-2-6-12-33)36-13-7-8-14-40(36)51(41)35-17-15-30(16-18-35)38-29-39(31-21-25-47-26-22-31)50-46(49-38)34-23-27-48-28-24-34/h1-29H. The van der Waals surface area contributed by atoms with Crippen LogP contribution in [0, 0.1) is 0 Å². The molecule has 0 aliphatic carbocycles. The van der Waals surface area contributed by atoms with Crippen molar-refractivity contribution >= 4 is 32.8 Å². The molecule has 0 saturated heterocycles. The fraction of sp³-hybridized carbons (Fsp3) is 0. The number of aromatic nitrogens is 5. The average molecular weight is 668 g/mol. The van der Waals surface area contributed by atoms with Gasteiger partial charge in [0.1, 0.15) is 11.3 Å². The van der Waals surface area contributed by atoms with E-state index in [-0.39, 0.29) is 0 Å². The minimum Gasteiger partial charge on any atom is -0.455 e. The number of furan rings is 1. The molecule has 0 radical (unpaired) electrons. The van der Waals surface area contributed by atoms with E-state index >= 15 is 0 Å². The molecule has 5 heterocycles. The van der Waals surface area contributed by atoms with Gasteiger partial charge in [0.25, 0.3) is 0 Å². The number of para-hydroxylation sites is 1. The third-order valence-electron chi connectivity index (χ3n) is 9.65. The maximum Gasteiger partial charge on any atom is 0.160 e. The zero-order valence-electron chi connectivity index (χ0n) is 27.9. The summed E-state index contributed by atoms with van der Waals surface area (Å²) in [6.45, 7) is 0. The van der Waals surface area contributed by atoms with Crippen LogP contribution in [0.1, 0.15) is 0 Å². The van der Waals surface area contributed by atoms with Crippen LogP contribution in [0.25, 0.3) is 94.8 Å². The Balaban J connectivity index is 1.15. The highest BCUT2D eigenvalue weighted by molar-refractivity contribution is 6.22.